The third kappa shape index (κ3) is 2.71. The van der Waals surface area contributed by atoms with Crippen LogP contribution in [-0.4, -0.2) is 10.1 Å². The second kappa shape index (κ2) is 4.67. The molecule has 0 aliphatic carbocycles. The number of aliphatic hydroxyl groups excluding tert-OH is 1. The highest BCUT2D eigenvalue weighted by Crippen LogP contribution is 2.20. The van der Waals surface area contributed by atoms with Gasteiger partial charge in [0.15, 0.2) is 5.89 Å². The molecule has 0 bridgehead atoms. The summed E-state index contributed by atoms with van der Waals surface area (Å²) in [4.78, 5) is 4.05. The van der Waals surface area contributed by atoms with Gasteiger partial charge < -0.3 is 9.52 Å². The minimum absolute atomic E-state index is 0.297. The molecule has 2 aromatic rings. The number of nitrogens with zero attached hydrogens (tertiary/aromatic N) is 1. The van der Waals surface area contributed by atoms with Crippen LogP contribution in [0.3, 0.4) is 0 Å². The van der Waals surface area contributed by atoms with Crippen molar-refractivity contribution in [2.45, 2.75) is 26.4 Å². The molecule has 0 radical (unpaired) electrons. The van der Waals surface area contributed by atoms with Crippen LogP contribution >= 0.6 is 0 Å². The first-order valence-corrected chi connectivity index (χ1v) is 5.41. The summed E-state index contributed by atoms with van der Waals surface area (Å²) < 4.78 is 18.1. The van der Waals surface area contributed by atoms with Crippen LogP contribution in [0.5, 0.6) is 0 Å². The van der Waals surface area contributed by atoms with E-state index >= 15 is 0 Å². The third-order valence-corrected chi connectivity index (χ3v) is 2.70. The molecule has 0 aliphatic heterocycles. The number of aliphatic hydroxyl groups is 1. The molecule has 1 aromatic carbocycles. The lowest BCUT2D eigenvalue weighted by atomic mass is 10.0. The average Bonchev–Trinajstić information content (AvgIpc) is 2.70. The molecule has 1 unspecified atom stereocenters. The number of aromatic nitrogens is 1. The van der Waals surface area contributed by atoms with Crippen molar-refractivity contribution in [3.63, 3.8) is 0 Å². The molecule has 2 rings (SSSR count). The zero-order chi connectivity index (χ0) is 12.4. The minimum Gasteiger partial charge on any atom is -0.449 e. The molecule has 0 saturated heterocycles. The van der Waals surface area contributed by atoms with Gasteiger partial charge in [0.2, 0.25) is 0 Å². The molecule has 1 aromatic heterocycles. The highest BCUT2D eigenvalue weighted by Gasteiger charge is 2.14. The van der Waals surface area contributed by atoms with Crippen molar-refractivity contribution < 1.29 is 13.9 Å². The molecule has 0 saturated carbocycles. The van der Waals surface area contributed by atoms with Gasteiger partial charge >= 0.3 is 0 Å². The Kier molecular flexibility index (Phi) is 3.24. The van der Waals surface area contributed by atoms with Gasteiger partial charge in [-0.15, -0.1) is 0 Å². The lowest BCUT2D eigenvalue weighted by Crippen LogP contribution is -2.04. The summed E-state index contributed by atoms with van der Waals surface area (Å²) in [6.07, 6.45) is 0.984. The molecular formula is C13H14FNO2. The summed E-state index contributed by atoms with van der Waals surface area (Å²) >= 11 is 0. The first kappa shape index (κ1) is 11.8. The van der Waals surface area contributed by atoms with Gasteiger partial charge in [0.1, 0.15) is 23.9 Å². The number of halogens is 1. The molecular weight excluding hydrogens is 221 g/mol. The quantitative estimate of drug-likeness (QED) is 0.889. The summed E-state index contributed by atoms with van der Waals surface area (Å²) in [6.45, 7) is 3.60. The van der Waals surface area contributed by atoms with Gasteiger partial charge in [0.05, 0.1) is 0 Å². The molecule has 0 spiro atoms. The largest absolute Gasteiger partial charge is 0.449 e. The van der Waals surface area contributed by atoms with Crippen LogP contribution in [0.1, 0.15) is 28.8 Å². The Morgan fingerprint density at radius 3 is 2.82 bits per heavy atom. The summed E-state index contributed by atoms with van der Waals surface area (Å²) in [5.74, 6) is 0.212. The first-order chi connectivity index (χ1) is 8.06. The van der Waals surface area contributed by atoms with E-state index in [1.807, 2.05) is 6.92 Å². The van der Waals surface area contributed by atoms with Crippen molar-refractivity contribution in [3.05, 3.63) is 53.0 Å². The summed E-state index contributed by atoms with van der Waals surface area (Å²) in [6, 6.07) is 4.54. The van der Waals surface area contributed by atoms with Gasteiger partial charge in [-0.05, 0) is 30.2 Å². The Morgan fingerprint density at radius 1 is 1.41 bits per heavy atom. The predicted octanol–water partition coefficient (Wildman–Crippen LogP) is 2.71. The van der Waals surface area contributed by atoms with E-state index in [1.54, 1.807) is 13.0 Å². The van der Waals surface area contributed by atoms with E-state index in [9.17, 15) is 9.50 Å². The van der Waals surface area contributed by atoms with Crippen LogP contribution in [0.2, 0.25) is 0 Å². The Balaban J connectivity index is 2.18. The predicted molar refractivity (Wildman–Crippen MR) is 61.0 cm³/mol. The molecule has 90 valence electrons. The van der Waals surface area contributed by atoms with Crippen LogP contribution in [0, 0.1) is 19.7 Å². The van der Waals surface area contributed by atoms with E-state index in [-0.39, 0.29) is 5.82 Å². The first-order valence-electron chi connectivity index (χ1n) is 5.41. The summed E-state index contributed by atoms with van der Waals surface area (Å²) in [5, 5.41) is 9.96. The van der Waals surface area contributed by atoms with E-state index in [1.165, 1.54) is 18.4 Å². The van der Waals surface area contributed by atoms with Gasteiger partial charge in [-0.2, -0.15) is 0 Å². The number of hydrogen-bond acceptors (Lipinski definition) is 3. The third-order valence-electron chi connectivity index (χ3n) is 2.70. The standard InChI is InChI=1S/C13H14FNO2/c1-8-3-4-11(14)5-10(8)6-13(16)12-7-17-9(2)15-12/h3-5,7,13,16H,6H2,1-2H3. The average molecular weight is 235 g/mol. The van der Waals surface area contributed by atoms with Crippen LogP contribution < -0.4 is 0 Å². The van der Waals surface area contributed by atoms with Crippen molar-refractivity contribution in [1.82, 2.24) is 4.98 Å². The molecule has 17 heavy (non-hydrogen) atoms. The molecule has 0 fully saturated rings. The van der Waals surface area contributed by atoms with E-state index in [2.05, 4.69) is 4.98 Å². The van der Waals surface area contributed by atoms with Gasteiger partial charge in [-0.25, -0.2) is 9.37 Å². The molecule has 0 amide bonds. The fraction of sp³-hybridized carbons (Fsp3) is 0.308. The van der Waals surface area contributed by atoms with E-state index in [0.29, 0.717) is 18.0 Å². The molecule has 0 aliphatic rings. The maximum absolute atomic E-state index is 13.1. The normalized spacial score (nSPS) is 12.7. The second-order valence-electron chi connectivity index (χ2n) is 4.08. The van der Waals surface area contributed by atoms with Crippen LogP contribution in [0.15, 0.2) is 28.9 Å². The monoisotopic (exact) mass is 235 g/mol. The number of oxazole rings is 1. The Bertz CT molecular complexity index is 522. The Hall–Kier alpha value is -1.68. The molecule has 4 heteroatoms. The maximum Gasteiger partial charge on any atom is 0.191 e. The number of hydrogen-bond donors (Lipinski definition) is 1. The van der Waals surface area contributed by atoms with Gasteiger partial charge in [-0.1, -0.05) is 6.07 Å². The Labute approximate surface area is 98.9 Å². The van der Waals surface area contributed by atoms with Crippen molar-refractivity contribution in [2.24, 2.45) is 0 Å². The summed E-state index contributed by atoms with van der Waals surface area (Å²) in [5.41, 5.74) is 2.20. The topological polar surface area (TPSA) is 46.3 Å². The number of aryl methyl sites for hydroxylation is 2. The van der Waals surface area contributed by atoms with Crippen LogP contribution in [0.4, 0.5) is 4.39 Å². The highest BCUT2D eigenvalue weighted by atomic mass is 19.1. The van der Waals surface area contributed by atoms with Gasteiger partial charge in [0, 0.05) is 13.3 Å². The lowest BCUT2D eigenvalue weighted by molar-refractivity contribution is 0.173. The summed E-state index contributed by atoms with van der Waals surface area (Å²) in [7, 11) is 0. The number of benzene rings is 1. The molecule has 3 nitrogen and oxygen atoms in total. The highest BCUT2D eigenvalue weighted by molar-refractivity contribution is 5.27. The minimum atomic E-state index is -0.770. The van der Waals surface area contributed by atoms with Crippen molar-refractivity contribution in [3.8, 4) is 0 Å². The smallest absolute Gasteiger partial charge is 0.191 e. The zero-order valence-electron chi connectivity index (χ0n) is 9.77. The van der Waals surface area contributed by atoms with Crippen molar-refractivity contribution in [1.29, 1.82) is 0 Å². The molecule has 1 N–H and O–H groups in total. The molecule has 1 atom stereocenters. The van der Waals surface area contributed by atoms with Gasteiger partial charge in [-0.3, -0.25) is 0 Å². The second-order valence-corrected chi connectivity index (χ2v) is 4.08. The Morgan fingerprint density at radius 2 is 2.18 bits per heavy atom. The van der Waals surface area contributed by atoms with Crippen molar-refractivity contribution >= 4 is 0 Å². The van der Waals surface area contributed by atoms with Crippen LogP contribution in [-0.2, 0) is 6.42 Å². The SMILES string of the molecule is Cc1nc(C(O)Cc2cc(F)ccc2C)co1. The fourth-order valence-corrected chi connectivity index (χ4v) is 1.71. The van der Waals surface area contributed by atoms with E-state index < -0.39 is 6.10 Å². The van der Waals surface area contributed by atoms with Crippen molar-refractivity contribution in [2.75, 3.05) is 0 Å². The number of rotatable bonds is 3. The van der Waals surface area contributed by atoms with E-state index in [4.69, 9.17) is 4.42 Å². The molecule has 1 heterocycles. The van der Waals surface area contributed by atoms with Crippen LogP contribution in [0.25, 0.3) is 0 Å². The maximum atomic E-state index is 13.1. The zero-order valence-corrected chi connectivity index (χ0v) is 9.77. The fourth-order valence-electron chi connectivity index (χ4n) is 1.71. The van der Waals surface area contributed by atoms with E-state index in [0.717, 1.165) is 11.1 Å². The lowest BCUT2D eigenvalue weighted by Gasteiger charge is -2.10. The van der Waals surface area contributed by atoms with Gasteiger partial charge in [0.25, 0.3) is 0 Å².